The SMILES string of the molecule is C1CC(N=C(NC2CCC2)N(C2CCC2)C2CCC2)C1. The fraction of sp³-hybridized carbons (Fsp3) is 0.941. The number of guanidine groups is 1. The maximum Gasteiger partial charge on any atom is 0.194 e. The van der Waals surface area contributed by atoms with Gasteiger partial charge in [0.1, 0.15) is 0 Å². The zero-order valence-corrected chi connectivity index (χ0v) is 12.7. The number of rotatable bonds is 4. The molecule has 1 N–H and O–H groups in total. The topological polar surface area (TPSA) is 27.6 Å². The molecule has 112 valence electrons. The summed E-state index contributed by atoms with van der Waals surface area (Å²) in [4.78, 5) is 7.87. The summed E-state index contributed by atoms with van der Waals surface area (Å²) in [5.74, 6) is 1.30. The Bertz CT molecular complexity index is 348. The van der Waals surface area contributed by atoms with Crippen molar-refractivity contribution in [3.63, 3.8) is 0 Å². The molecule has 0 amide bonds. The van der Waals surface area contributed by atoms with E-state index in [2.05, 4.69) is 10.2 Å². The first-order chi connectivity index (χ1) is 9.90. The average molecular weight is 275 g/mol. The van der Waals surface area contributed by atoms with Gasteiger partial charge in [0, 0.05) is 18.1 Å². The van der Waals surface area contributed by atoms with E-state index in [0.29, 0.717) is 6.04 Å². The number of nitrogens with one attached hydrogen (secondary N) is 1. The van der Waals surface area contributed by atoms with Crippen LogP contribution in [-0.2, 0) is 0 Å². The van der Waals surface area contributed by atoms with Gasteiger partial charge in [-0.1, -0.05) is 0 Å². The van der Waals surface area contributed by atoms with Crippen LogP contribution in [0.25, 0.3) is 0 Å². The predicted molar refractivity (Wildman–Crippen MR) is 83.0 cm³/mol. The molecule has 4 saturated carbocycles. The zero-order chi connectivity index (χ0) is 13.4. The highest BCUT2D eigenvalue weighted by atomic mass is 15.4. The first-order valence-corrected chi connectivity index (χ1v) is 9.03. The normalized spacial score (nSPS) is 29.1. The molecule has 0 radical (unpaired) electrons. The van der Waals surface area contributed by atoms with Gasteiger partial charge >= 0.3 is 0 Å². The molecule has 20 heavy (non-hydrogen) atoms. The second-order valence-electron chi connectivity index (χ2n) is 7.39. The molecule has 0 unspecified atom stereocenters. The molecule has 3 heteroatoms. The Labute approximate surface area is 123 Å². The van der Waals surface area contributed by atoms with Gasteiger partial charge in [-0.2, -0.15) is 0 Å². The van der Waals surface area contributed by atoms with Crippen LogP contribution >= 0.6 is 0 Å². The van der Waals surface area contributed by atoms with Crippen molar-refractivity contribution >= 4 is 5.96 Å². The Morgan fingerprint density at radius 3 is 1.65 bits per heavy atom. The van der Waals surface area contributed by atoms with Crippen molar-refractivity contribution in [3.8, 4) is 0 Å². The van der Waals surface area contributed by atoms with Crippen molar-refractivity contribution in [3.05, 3.63) is 0 Å². The van der Waals surface area contributed by atoms with Crippen LogP contribution in [0.2, 0.25) is 0 Å². The molecule has 0 aromatic rings. The van der Waals surface area contributed by atoms with Crippen molar-refractivity contribution in [2.45, 2.75) is 101 Å². The molecule has 0 atom stereocenters. The highest BCUT2D eigenvalue weighted by Gasteiger charge is 2.37. The van der Waals surface area contributed by atoms with Crippen LogP contribution in [0.1, 0.15) is 77.0 Å². The maximum atomic E-state index is 5.14. The fourth-order valence-electron chi connectivity index (χ4n) is 3.58. The third-order valence-electron chi connectivity index (χ3n) is 6.00. The van der Waals surface area contributed by atoms with Crippen LogP contribution in [0.3, 0.4) is 0 Å². The molecular weight excluding hydrogens is 246 g/mol. The summed E-state index contributed by atoms with van der Waals surface area (Å²) < 4.78 is 0. The van der Waals surface area contributed by atoms with Gasteiger partial charge in [0.05, 0.1) is 6.04 Å². The van der Waals surface area contributed by atoms with Gasteiger partial charge in [0.2, 0.25) is 0 Å². The first kappa shape index (κ1) is 13.0. The smallest absolute Gasteiger partial charge is 0.194 e. The van der Waals surface area contributed by atoms with E-state index in [1.54, 1.807) is 0 Å². The lowest BCUT2D eigenvalue weighted by Crippen LogP contribution is -2.59. The highest BCUT2D eigenvalue weighted by molar-refractivity contribution is 5.81. The van der Waals surface area contributed by atoms with Gasteiger partial charge in [-0.05, 0) is 77.0 Å². The van der Waals surface area contributed by atoms with E-state index in [4.69, 9.17) is 4.99 Å². The molecule has 4 aliphatic carbocycles. The van der Waals surface area contributed by atoms with E-state index < -0.39 is 0 Å². The standard InChI is InChI=1S/C17H29N3/c1-5-13(6-1)18-17(19-14-7-2-8-14)20(15-9-3-10-15)16-11-4-12-16/h13-16H,1-12H2,(H,18,19). The summed E-state index contributed by atoms with van der Waals surface area (Å²) in [6, 6.07) is 2.94. The van der Waals surface area contributed by atoms with Gasteiger partial charge in [0.25, 0.3) is 0 Å². The van der Waals surface area contributed by atoms with Crippen molar-refractivity contribution in [2.24, 2.45) is 4.99 Å². The Balaban J connectivity index is 1.50. The van der Waals surface area contributed by atoms with Gasteiger partial charge in [-0.15, -0.1) is 0 Å². The molecule has 0 bridgehead atoms. The number of hydrogen-bond donors (Lipinski definition) is 1. The third kappa shape index (κ3) is 2.44. The van der Waals surface area contributed by atoms with E-state index in [1.165, 1.54) is 83.0 Å². The maximum absolute atomic E-state index is 5.14. The Morgan fingerprint density at radius 1 is 0.750 bits per heavy atom. The second kappa shape index (κ2) is 5.57. The van der Waals surface area contributed by atoms with Crippen LogP contribution in [0.15, 0.2) is 4.99 Å². The van der Waals surface area contributed by atoms with E-state index >= 15 is 0 Å². The predicted octanol–water partition coefficient (Wildman–Crippen LogP) is 3.44. The first-order valence-electron chi connectivity index (χ1n) is 9.03. The zero-order valence-electron chi connectivity index (χ0n) is 12.7. The highest BCUT2D eigenvalue weighted by Crippen LogP contribution is 2.35. The van der Waals surface area contributed by atoms with Gasteiger partial charge in [-0.25, -0.2) is 4.99 Å². The van der Waals surface area contributed by atoms with Crippen LogP contribution < -0.4 is 5.32 Å². The summed E-state index contributed by atoms with van der Waals surface area (Å²) in [5, 5.41) is 3.83. The van der Waals surface area contributed by atoms with Crippen LogP contribution in [-0.4, -0.2) is 35.0 Å². The molecule has 4 rings (SSSR count). The summed E-state index contributed by atoms with van der Waals surface area (Å²) in [6.45, 7) is 0. The van der Waals surface area contributed by atoms with Crippen molar-refractivity contribution in [2.75, 3.05) is 0 Å². The minimum absolute atomic E-state index is 0.625. The lowest BCUT2D eigenvalue weighted by molar-refractivity contribution is 0.103. The van der Waals surface area contributed by atoms with E-state index in [-0.39, 0.29) is 0 Å². The van der Waals surface area contributed by atoms with Crippen molar-refractivity contribution < 1.29 is 0 Å². The Hall–Kier alpha value is -0.730. The molecule has 0 aromatic heterocycles. The lowest BCUT2D eigenvalue weighted by Gasteiger charge is -2.49. The number of aliphatic imine (C=N–C) groups is 1. The lowest BCUT2D eigenvalue weighted by atomic mass is 9.84. The molecular formula is C17H29N3. The van der Waals surface area contributed by atoms with Crippen molar-refractivity contribution in [1.82, 2.24) is 10.2 Å². The van der Waals surface area contributed by atoms with E-state index in [0.717, 1.165) is 18.1 Å². The summed E-state index contributed by atoms with van der Waals surface area (Å²) in [5.41, 5.74) is 0. The van der Waals surface area contributed by atoms with E-state index in [1.807, 2.05) is 0 Å². The monoisotopic (exact) mass is 275 g/mol. The quantitative estimate of drug-likeness (QED) is 0.628. The van der Waals surface area contributed by atoms with Gasteiger partial charge < -0.3 is 10.2 Å². The summed E-state index contributed by atoms with van der Waals surface area (Å²) in [6.07, 6.45) is 16.6. The minimum atomic E-state index is 0.625. The average Bonchev–Trinajstić information content (AvgIpc) is 2.18. The summed E-state index contributed by atoms with van der Waals surface area (Å²) >= 11 is 0. The Kier molecular flexibility index (Phi) is 3.61. The largest absolute Gasteiger partial charge is 0.353 e. The Morgan fingerprint density at radius 2 is 1.30 bits per heavy atom. The number of nitrogens with zero attached hydrogens (tertiary/aromatic N) is 2. The molecule has 0 heterocycles. The fourth-order valence-corrected chi connectivity index (χ4v) is 3.58. The van der Waals surface area contributed by atoms with Crippen LogP contribution in [0, 0.1) is 0 Å². The molecule has 3 nitrogen and oxygen atoms in total. The molecule has 0 saturated heterocycles. The minimum Gasteiger partial charge on any atom is -0.353 e. The van der Waals surface area contributed by atoms with Crippen molar-refractivity contribution in [1.29, 1.82) is 0 Å². The molecule has 4 fully saturated rings. The van der Waals surface area contributed by atoms with Crippen LogP contribution in [0.5, 0.6) is 0 Å². The van der Waals surface area contributed by atoms with Gasteiger partial charge in [-0.3, -0.25) is 0 Å². The second-order valence-corrected chi connectivity index (χ2v) is 7.39. The molecule has 0 spiro atoms. The van der Waals surface area contributed by atoms with Crippen LogP contribution in [0.4, 0.5) is 0 Å². The number of hydrogen-bond acceptors (Lipinski definition) is 1. The molecule has 0 aromatic carbocycles. The third-order valence-corrected chi connectivity index (χ3v) is 6.00. The van der Waals surface area contributed by atoms with E-state index in [9.17, 15) is 0 Å². The van der Waals surface area contributed by atoms with Gasteiger partial charge in [0.15, 0.2) is 5.96 Å². The molecule has 4 aliphatic rings. The molecule has 0 aliphatic heterocycles. The summed E-state index contributed by atoms with van der Waals surface area (Å²) in [7, 11) is 0.